The second-order valence-electron chi connectivity index (χ2n) is 7.31. The Hall–Kier alpha value is -3.18. The molecule has 1 aromatic rings. The van der Waals surface area contributed by atoms with Gasteiger partial charge in [0.25, 0.3) is 0 Å². The number of hydrogen-bond acceptors (Lipinski definition) is 6. The maximum absolute atomic E-state index is 14.3. The molecule has 0 amide bonds. The molecule has 3 aliphatic rings. The Bertz CT molecular complexity index is 1070. The monoisotopic (exact) mass is 448 g/mol. The van der Waals surface area contributed by atoms with Gasteiger partial charge in [-0.2, -0.15) is 26.3 Å². The first-order valence-corrected chi connectivity index (χ1v) is 8.82. The summed E-state index contributed by atoms with van der Waals surface area (Å²) in [6, 6.07) is 1.50. The van der Waals surface area contributed by atoms with Crippen LogP contribution in [0.1, 0.15) is 45.5 Å². The standard InChI is InChI=1S/C19H10F6O6/c20-18(21,22)17(19(23,24)25,7-1-3-9-11(5-7)15(28)30-13(9)26)8-2-4-10-12(6-8)16(29)31-14(10)27/h1,3,5,8H,2,4,6H2. The van der Waals surface area contributed by atoms with Crippen LogP contribution in [0.4, 0.5) is 26.3 Å². The first-order chi connectivity index (χ1) is 14.3. The Balaban J connectivity index is 1.93. The molecule has 2 heterocycles. The minimum Gasteiger partial charge on any atom is -0.386 e. The summed E-state index contributed by atoms with van der Waals surface area (Å²) >= 11 is 0. The van der Waals surface area contributed by atoms with Crippen molar-refractivity contribution >= 4 is 23.9 Å². The molecule has 164 valence electrons. The summed E-state index contributed by atoms with van der Waals surface area (Å²) in [7, 11) is 0. The lowest BCUT2D eigenvalue weighted by atomic mass is 9.62. The number of cyclic esters (lactones) is 4. The molecule has 6 nitrogen and oxygen atoms in total. The van der Waals surface area contributed by atoms with Crippen molar-refractivity contribution < 1.29 is 55.0 Å². The zero-order chi connectivity index (χ0) is 22.9. The predicted molar refractivity (Wildman–Crippen MR) is 85.4 cm³/mol. The largest absolute Gasteiger partial charge is 0.407 e. The van der Waals surface area contributed by atoms with E-state index in [2.05, 4.69) is 9.47 Å². The molecule has 0 fully saturated rings. The summed E-state index contributed by atoms with van der Waals surface area (Å²) in [4.78, 5) is 46.7. The summed E-state index contributed by atoms with van der Waals surface area (Å²) in [5, 5.41) is 0. The Morgan fingerprint density at radius 1 is 0.742 bits per heavy atom. The van der Waals surface area contributed by atoms with Crippen LogP contribution >= 0.6 is 0 Å². The molecule has 0 aromatic heterocycles. The number of benzene rings is 1. The van der Waals surface area contributed by atoms with Gasteiger partial charge >= 0.3 is 36.2 Å². The topological polar surface area (TPSA) is 86.7 Å². The molecule has 0 saturated heterocycles. The van der Waals surface area contributed by atoms with E-state index in [1.165, 1.54) is 0 Å². The van der Waals surface area contributed by atoms with Crippen LogP contribution in [0.15, 0.2) is 29.3 Å². The van der Waals surface area contributed by atoms with Gasteiger partial charge in [0.1, 0.15) is 0 Å². The van der Waals surface area contributed by atoms with Crippen LogP contribution in [0.3, 0.4) is 0 Å². The van der Waals surface area contributed by atoms with E-state index in [1.54, 1.807) is 0 Å². The first-order valence-electron chi connectivity index (χ1n) is 8.82. The van der Waals surface area contributed by atoms with Crippen molar-refractivity contribution in [1.29, 1.82) is 0 Å². The van der Waals surface area contributed by atoms with Crippen molar-refractivity contribution in [1.82, 2.24) is 0 Å². The third kappa shape index (κ3) is 2.80. The van der Waals surface area contributed by atoms with E-state index < -0.39 is 89.1 Å². The molecule has 1 aliphatic carbocycles. The lowest BCUT2D eigenvalue weighted by Crippen LogP contribution is -2.59. The van der Waals surface area contributed by atoms with Gasteiger partial charge in [0.2, 0.25) is 0 Å². The summed E-state index contributed by atoms with van der Waals surface area (Å²) in [5.74, 6) is -7.13. The zero-order valence-corrected chi connectivity index (χ0v) is 15.1. The van der Waals surface area contributed by atoms with Crippen molar-refractivity contribution in [3.63, 3.8) is 0 Å². The normalized spacial score (nSPS) is 21.8. The molecular formula is C19H10F6O6. The molecule has 1 atom stereocenters. The summed E-state index contributed by atoms with van der Waals surface area (Å²) in [6.07, 6.45) is -14.0. The lowest BCUT2D eigenvalue weighted by molar-refractivity contribution is -0.320. The first kappa shape index (κ1) is 21.1. The molecule has 1 aromatic carbocycles. The van der Waals surface area contributed by atoms with Gasteiger partial charge in [0.15, 0.2) is 5.41 Å². The molecular weight excluding hydrogens is 438 g/mol. The number of alkyl halides is 6. The van der Waals surface area contributed by atoms with E-state index in [1.807, 2.05) is 0 Å². The Morgan fingerprint density at radius 3 is 1.90 bits per heavy atom. The Morgan fingerprint density at radius 2 is 1.29 bits per heavy atom. The van der Waals surface area contributed by atoms with E-state index in [-0.39, 0.29) is 5.57 Å². The van der Waals surface area contributed by atoms with Gasteiger partial charge in [-0.3, -0.25) is 0 Å². The molecule has 4 rings (SSSR count). The number of halogens is 6. The highest BCUT2D eigenvalue weighted by Crippen LogP contribution is 2.60. The summed E-state index contributed by atoms with van der Waals surface area (Å²) in [5.41, 5.74) is -7.72. The van der Waals surface area contributed by atoms with Crippen molar-refractivity contribution in [3.05, 3.63) is 46.0 Å². The van der Waals surface area contributed by atoms with Crippen molar-refractivity contribution in [2.45, 2.75) is 37.0 Å². The Labute approximate surface area is 168 Å². The van der Waals surface area contributed by atoms with Crippen LogP contribution in [0.2, 0.25) is 0 Å². The number of hydrogen-bond donors (Lipinski definition) is 0. The minimum atomic E-state index is -5.90. The molecule has 0 radical (unpaired) electrons. The SMILES string of the molecule is O=C1OC(=O)C2=C1CCC(C(c1ccc3c(c1)C(=O)OC3=O)(C(F)(F)F)C(F)(F)F)C2. The number of rotatable bonds is 2. The highest BCUT2D eigenvalue weighted by molar-refractivity contribution is 6.15. The summed E-state index contributed by atoms with van der Waals surface area (Å²) in [6.45, 7) is 0. The van der Waals surface area contributed by atoms with E-state index >= 15 is 0 Å². The fraction of sp³-hybridized carbons (Fsp3) is 0.368. The molecule has 0 spiro atoms. The van der Waals surface area contributed by atoms with Gasteiger partial charge in [-0.15, -0.1) is 0 Å². The number of ether oxygens (including phenoxy) is 2. The highest BCUT2D eigenvalue weighted by Gasteiger charge is 2.75. The van der Waals surface area contributed by atoms with Crippen molar-refractivity contribution in [3.8, 4) is 0 Å². The van der Waals surface area contributed by atoms with Crippen LogP contribution in [0.25, 0.3) is 0 Å². The second kappa shape index (κ2) is 6.41. The summed E-state index contributed by atoms with van der Waals surface area (Å²) < 4.78 is 94.3. The van der Waals surface area contributed by atoms with Crippen LogP contribution in [-0.2, 0) is 24.5 Å². The van der Waals surface area contributed by atoms with E-state index in [0.29, 0.717) is 18.2 Å². The number of carbonyl (C=O) groups is 4. The van der Waals surface area contributed by atoms with E-state index in [4.69, 9.17) is 0 Å². The molecule has 12 heteroatoms. The molecule has 0 bridgehead atoms. The van der Waals surface area contributed by atoms with Gasteiger partial charge < -0.3 is 9.47 Å². The van der Waals surface area contributed by atoms with Crippen LogP contribution in [0.5, 0.6) is 0 Å². The number of carbonyl (C=O) groups excluding carboxylic acids is 4. The van der Waals surface area contributed by atoms with Crippen LogP contribution in [0, 0.1) is 5.92 Å². The highest BCUT2D eigenvalue weighted by atomic mass is 19.4. The molecule has 2 aliphatic heterocycles. The molecule has 31 heavy (non-hydrogen) atoms. The average molecular weight is 448 g/mol. The number of esters is 4. The van der Waals surface area contributed by atoms with E-state index in [0.717, 1.165) is 0 Å². The second-order valence-corrected chi connectivity index (χ2v) is 7.31. The number of fused-ring (bicyclic) bond motifs is 1. The van der Waals surface area contributed by atoms with E-state index in [9.17, 15) is 45.5 Å². The smallest absolute Gasteiger partial charge is 0.386 e. The van der Waals surface area contributed by atoms with Gasteiger partial charge in [0.05, 0.1) is 11.1 Å². The Kier molecular flexibility index (Phi) is 4.36. The molecule has 0 N–H and O–H groups in total. The third-order valence-corrected chi connectivity index (χ3v) is 5.84. The maximum Gasteiger partial charge on any atom is 0.407 e. The maximum atomic E-state index is 14.3. The molecule has 1 unspecified atom stereocenters. The van der Waals surface area contributed by atoms with Crippen molar-refractivity contribution in [2.75, 3.05) is 0 Å². The van der Waals surface area contributed by atoms with Crippen LogP contribution < -0.4 is 0 Å². The fourth-order valence-corrected chi connectivity index (χ4v) is 4.47. The van der Waals surface area contributed by atoms with Gasteiger partial charge in [-0.1, -0.05) is 6.07 Å². The van der Waals surface area contributed by atoms with Gasteiger partial charge in [-0.05, 0) is 42.9 Å². The van der Waals surface area contributed by atoms with Crippen molar-refractivity contribution in [2.24, 2.45) is 5.92 Å². The lowest BCUT2D eigenvalue weighted by Gasteiger charge is -2.44. The third-order valence-electron chi connectivity index (χ3n) is 5.84. The quantitative estimate of drug-likeness (QED) is 0.391. The predicted octanol–water partition coefficient (Wildman–Crippen LogP) is 3.54. The van der Waals surface area contributed by atoms with Gasteiger partial charge in [-0.25, -0.2) is 19.2 Å². The zero-order valence-electron chi connectivity index (χ0n) is 15.1. The fourth-order valence-electron chi connectivity index (χ4n) is 4.47. The minimum absolute atomic E-state index is 0.234. The van der Waals surface area contributed by atoms with Crippen LogP contribution in [-0.4, -0.2) is 36.2 Å². The average Bonchev–Trinajstić information content (AvgIpc) is 3.09. The van der Waals surface area contributed by atoms with Gasteiger partial charge in [0, 0.05) is 11.1 Å². The molecule has 0 saturated carbocycles.